The van der Waals surface area contributed by atoms with Crippen molar-refractivity contribution >= 4 is 5.91 Å². The Morgan fingerprint density at radius 2 is 0.677 bits per heavy atom. The maximum Gasteiger partial charge on any atom is 0.220 e. The molecule has 0 aromatic heterocycles. The van der Waals surface area contributed by atoms with E-state index in [1.54, 1.807) is 6.08 Å². The summed E-state index contributed by atoms with van der Waals surface area (Å²) in [5.74, 6) is -0.222. The van der Waals surface area contributed by atoms with Crippen LogP contribution >= 0.6 is 0 Å². The number of ether oxygens (including phenoxy) is 2. The minimum atomic E-state index is -1.59. The first-order valence-electron chi connectivity index (χ1n) is 38.2. The average molecular weight is 1290 g/mol. The van der Waals surface area contributed by atoms with Gasteiger partial charge in [-0.05, 0) is 116 Å². The molecule has 0 aromatic rings. The fourth-order valence-electron chi connectivity index (χ4n) is 11.2. The highest BCUT2D eigenvalue weighted by molar-refractivity contribution is 5.76. The zero-order valence-electron chi connectivity index (χ0n) is 59.5. The summed E-state index contributed by atoms with van der Waals surface area (Å²) in [6, 6.07) is -0.855. The number of nitrogens with one attached hydrogen (secondary N) is 1. The van der Waals surface area contributed by atoms with Crippen molar-refractivity contribution in [3.63, 3.8) is 0 Å². The minimum Gasteiger partial charge on any atom is -0.394 e. The van der Waals surface area contributed by atoms with Crippen LogP contribution in [0.15, 0.2) is 158 Å². The molecule has 1 aliphatic rings. The van der Waals surface area contributed by atoms with Crippen LogP contribution in [0.25, 0.3) is 0 Å². The topological polar surface area (TPSA) is 149 Å². The second-order valence-corrected chi connectivity index (χ2v) is 25.7. The molecule has 530 valence electrons. The molecule has 0 bridgehead atoms. The van der Waals surface area contributed by atoms with E-state index in [0.717, 1.165) is 109 Å². The smallest absolute Gasteiger partial charge is 0.220 e. The van der Waals surface area contributed by atoms with Gasteiger partial charge in [-0.1, -0.05) is 345 Å². The number of hydrogen-bond donors (Lipinski definition) is 6. The third-order valence-corrected chi connectivity index (χ3v) is 17.1. The summed E-state index contributed by atoms with van der Waals surface area (Å²) in [6.07, 6.45) is 104. The van der Waals surface area contributed by atoms with Gasteiger partial charge in [0.1, 0.15) is 24.4 Å². The number of aliphatic hydroxyl groups excluding tert-OH is 5. The van der Waals surface area contributed by atoms with Crippen LogP contribution in [0.2, 0.25) is 0 Å². The Morgan fingerprint density at radius 3 is 1.03 bits per heavy atom. The van der Waals surface area contributed by atoms with Crippen molar-refractivity contribution in [1.82, 2.24) is 5.32 Å². The van der Waals surface area contributed by atoms with Gasteiger partial charge in [-0.2, -0.15) is 0 Å². The summed E-state index contributed by atoms with van der Waals surface area (Å²) >= 11 is 0. The number of carbonyl (C=O) groups is 1. The first-order valence-corrected chi connectivity index (χ1v) is 38.2. The summed E-state index contributed by atoms with van der Waals surface area (Å²) in [4.78, 5) is 13.1. The van der Waals surface area contributed by atoms with Gasteiger partial charge in [-0.25, -0.2) is 0 Å². The van der Waals surface area contributed by atoms with Crippen LogP contribution in [-0.4, -0.2) is 87.5 Å². The standard InChI is InChI=1S/C84H141NO8/c1-3-5-7-9-11-13-15-17-19-21-23-25-27-29-31-33-35-37-38-39-40-42-44-46-48-50-52-54-56-58-60-62-64-66-68-70-72-74-80(88)85-77(76-92-84-83(91)82(90)81(89)79(75-86)93-84)78(87)73-71-69-67-65-63-61-59-57-55-53-51-49-47-45-43-41-36-34-32-30-28-26-24-22-20-18-16-14-12-10-8-6-4-2/h5,7,11,13,17,19,23,25,29,31,35,37,39-40,44,46,50,52,56,58,62-65,71,73,77-79,81-84,86-87,89-91H,3-4,6,8-10,12,14-16,18,20-22,24,26-28,30,32-34,36,38,41-43,45,47-49,51,53-55,57,59-61,66-70,72,74-76H2,1-2H3,(H,85,88)/b7-5-,13-11-,19-17-,25-23-,31-29-,37-35-,40-39-,46-44-,52-50-,58-56-,64-62-,65-63+,73-71+. The van der Waals surface area contributed by atoms with Crippen molar-refractivity contribution in [2.75, 3.05) is 13.2 Å². The van der Waals surface area contributed by atoms with Gasteiger partial charge in [0.15, 0.2) is 6.29 Å². The molecule has 1 rings (SSSR count). The zero-order valence-corrected chi connectivity index (χ0v) is 59.5. The summed E-state index contributed by atoms with van der Waals surface area (Å²) in [7, 11) is 0. The molecule has 9 nitrogen and oxygen atoms in total. The molecular formula is C84H141NO8. The molecular weight excluding hydrogens is 1150 g/mol. The van der Waals surface area contributed by atoms with Crippen molar-refractivity contribution in [2.24, 2.45) is 0 Å². The van der Waals surface area contributed by atoms with E-state index >= 15 is 0 Å². The van der Waals surface area contributed by atoms with Crippen LogP contribution in [0, 0.1) is 0 Å². The first-order chi connectivity index (χ1) is 45.8. The molecule has 1 saturated heterocycles. The maximum absolute atomic E-state index is 13.1. The molecule has 0 saturated carbocycles. The SMILES string of the molecule is CC/C=C\C/C=C\C/C=C\C/C=C\C/C=C\C/C=C\C/C=C\C/C=C\C/C=C\C/C=C\C/C=C\CCCCCC(=O)NC(COC1OC(CO)C(O)C(O)C1O)C(O)/C=C/CC/C=C/CCCCCCCCCCCCCCCCCCCCCCCCCCCCC. The molecule has 93 heavy (non-hydrogen) atoms. The Labute approximate surface area is 571 Å². The number of allylic oxidation sites excluding steroid dienone is 25. The van der Waals surface area contributed by atoms with Crippen LogP contribution in [0.5, 0.6) is 0 Å². The molecule has 1 amide bonds. The molecule has 0 aliphatic carbocycles. The van der Waals surface area contributed by atoms with E-state index in [1.165, 1.54) is 173 Å². The van der Waals surface area contributed by atoms with E-state index in [1.807, 2.05) is 6.08 Å². The number of unbranched alkanes of at least 4 members (excludes halogenated alkanes) is 31. The Morgan fingerprint density at radius 1 is 0.376 bits per heavy atom. The second kappa shape index (κ2) is 70.6. The molecule has 0 aromatic carbocycles. The van der Waals surface area contributed by atoms with Gasteiger partial charge in [0.2, 0.25) is 5.91 Å². The third-order valence-electron chi connectivity index (χ3n) is 17.1. The van der Waals surface area contributed by atoms with E-state index < -0.39 is 49.5 Å². The highest BCUT2D eigenvalue weighted by Gasteiger charge is 2.44. The molecule has 0 radical (unpaired) electrons. The number of amides is 1. The fraction of sp³-hybridized carbons (Fsp3) is 0.679. The summed E-state index contributed by atoms with van der Waals surface area (Å²) in [5, 5.41) is 54.8. The normalized spacial score (nSPS) is 18.5. The molecule has 7 unspecified atom stereocenters. The molecule has 6 N–H and O–H groups in total. The van der Waals surface area contributed by atoms with Crippen molar-refractivity contribution < 1.29 is 39.8 Å². The van der Waals surface area contributed by atoms with Gasteiger partial charge in [0, 0.05) is 6.42 Å². The number of carbonyl (C=O) groups excluding carboxylic acids is 1. The van der Waals surface area contributed by atoms with Crippen LogP contribution in [-0.2, 0) is 14.3 Å². The van der Waals surface area contributed by atoms with Crippen LogP contribution < -0.4 is 5.32 Å². The Balaban J connectivity index is 2.19. The highest BCUT2D eigenvalue weighted by Crippen LogP contribution is 2.23. The predicted octanol–water partition coefficient (Wildman–Crippen LogP) is 21.9. The molecule has 1 heterocycles. The predicted molar refractivity (Wildman–Crippen MR) is 400 cm³/mol. The molecule has 0 spiro atoms. The lowest BCUT2D eigenvalue weighted by Gasteiger charge is -2.40. The number of aliphatic hydroxyl groups is 5. The van der Waals surface area contributed by atoms with Crippen molar-refractivity contribution in [1.29, 1.82) is 0 Å². The van der Waals surface area contributed by atoms with Crippen molar-refractivity contribution in [3.05, 3.63) is 158 Å². The van der Waals surface area contributed by atoms with Crippen LogP contribution in [0.3, 0.4) is 0 Å². The van der Waals surface area contributed by atoms with Gasteiger partial charge >= 0.3 is 0 Å². The lowest BCUT2D eigenvalue weighted by atomic mass is 9.99. The number of rotatable bonds is 65. The zero-order chi connectivity index (χ0) is 67.1. The van der Waals surface area contributed by atoms with Crippen molar-refractivity contribution in [2.45, 2.75) is 352 Å². The van der Waals surface area contributed by atoms with E-state index in [-0.39, 0.29) is 18.9 Å². The van der Waals surface area contributed by atoms with E-state index in [0.29, 0.717) is 6.42 Å². The highest BCUT2D eigenvalue weighted by atomic mass is 16.7. The lowest BCUT2D eigenvalue weighted by molar-refractivity contribution is -0.302. The van der Waals surface area contributed by atoms with Crippen LogP contribution in [0.1, 0.15) is 309 Å². The summed E-state index contributed by atoms with van der Waals surface area (Å²) in [5.41, 5.74) is 0. The van der Waals surface area contributed by atoms with Crippen molar-refractivity contribution in [3.8, 4) is 0 Å². The van der Waals surface area contributed by atoms with E-state index in [9.17, 15) is 30.3 Å². The van der Waals surface area contributed by atoms with E-state index in [2.05, 4.69) is 165 Å². The monoisotopic (exact) mass is 1290 g/mol. The molecule has 1 fully saturated rings. The second-order valence-electron chi connectivity index (χ2n) is 25.7. The Kier molecular flexibility index (Phi) is 65.9. The average Bonchev–Trinajstić information content (AvgIpc) is 1.01. The van der Waals surface area contributed by atoms with E-state index in [4.69, 9.17) is 9.47 Å². The molecule has 7 atom stereocenters. The van der Waals surface area contributed by atoms with Crippen LogP contribution in [0.4, 0.5) is 0 Å². The third kappa shape index (κ3) is 58.9. The van der Waals surface area contributed by atoms with Gasteiger partial charge in [-0.3, -0.25) is 4.79 Å². The van der Waals surface area contributed by atoms with Gasteiger partial charge < -0.3 is 40.3 Å². The molecule has 9 heteroatoms. The maximum atomic E-state index is 13.1. The summed E-state index contributed by atoms with van der Waals surface area (Å²) in [6.45, 7) is 3.65. The van der Waals surface area contributed by atoms with Gasteiger partial charge in [0.05, 0.1) is 25.4 Å². The quantitative estimate of drug-likeness (QED) is 0.0261. The minimum absolute atomic E-state index is 0.222. The fourth-order valence-corrected chi connectivity index (χ4v) is 11.2. The molecule has 1 aliphatic heterocycles. The van der Waals surface area contributed by atoms with Gasteiger partial charge in [0.25, 0.3) is 0 Å². The largest absolute Gasteiger partial charge is 0.394 e. The Bertz CT molecular complexity index is 2040. The van der Waals surface area contributed by atoms with Gasteiger partial charge in [-0.15, -0.1) is 0 Å². The lowest BCUT2D eigenvalue weighted by Crippen LogP contribution is -2.60. The summed E-state index contributed by atoms with van der Waals surface area (Å²) < 4.78 is 11.3. The number of hydrogen-bond acceptors (Lipinski definition) is 8. The first kappa shape index (κ1) is 86.8. The Hall–Kier alpha value is -4.19.